The van der Waals surface area contributed by atoms with Crippen molar-refractivity contribution < 1.29 is 9.63 Å². The minimum Gasteiger partial charge on any atom is -0.391 e. The monoisotopic (exact) mass is 311 g/mol. The molecule has 2 aromatic rings. The predicted molar refractivity (Wildman–Crippen MR) is 69.9 cm³/mol. The van der Waals surface area contributed by atoms with Gasteiger partial charge in [-0.25, -0.2) is 0 Å². The number of aromatic nitrogens is 2. The van der Waals surface area contributed by atoms with Gasteiger partial charge < -0.3 is 15.4 Å². The molecule has 0 aliphatic carbocycles. The summed E-state index contributed by atoms with van der Waals surface area (Å²) in [6.07, 6.45) is -0.153. The molecule has 2 atom stereocenters. The van der Waals surface area contributed by atoms with Gasteiger partial charge in [0.1, 0.15) is 6.04 Å². The van der Waals surface area contributed by atoms with Crippen LogP contribution in [0.4, 0.5) is 0 Å². The highest BCUT2D eigenvalue weighted by molar-refractivity contribution is 9.10. The summed E-state index contributed by atoms with van der Waals surface area (Å²) in [6.45, 7) is 1.59. The lowest BCUT2D eigenvalue weighted by atomic mass is 10.1. The Bertz CT molecular complexity index is 528. The summed E-state index contributed by atoms with van der Waals surface area (Å²) in [5.74, 6) is 0.814. The molecule has 6 heteroatoms. The number of aliphatic hydroxyl groups is 1. The molecule has 1 aromatic heterocycles. The van der Waals surface area contributed by atoms with Crippen LogP contribution in [0, 0.1) is 0 Å². The topological polar surface area (TPSA) is 85.2 Å². The zero-order valence-electron chi connectivity index (χ0n) is 9.88. The van der Waals surface area contributed by atoms with Crippen LogP contribution in [0.5, 0.6) is 0 Å². The first-order valence-corrected chi connectivity index (χ1v) is 6.36. The SMILES string of the molecule is C[C@@H](O)[C@H](N)c1nc(Cc2cccc(Br)c2)no1. The zero-order chi connectivity index (χ0) is 13.1. The highest BCUT2D eigenvalue weighted by atomic mass is 79.9. The van der Waals surface area contributed by atoms with E-state index in [1.165, 1.54) is 0 Å². The van der Waals surface area contributed by atoms with Gasteiger partial charge in [0.25, 0.3) is 0 Å². The predicted octanol–water partition coefficient (Wildman–Crippen LogP) is 1.80. The van der Waals surface area contributed by atoms with Crippen molar-refractivity contribution >= 4 is 15.9 Å². The van der Waals surface area contributed by atoms with E-state index in [0.717, 1.165) is 10.0 Å². The van der Waals surface area contributed by atoms with Crippen LogP contribution in [0.2, 0.25) is 0 Å². The molecule has 0 bridgehead atoms. The summed E-state index contributed by atoms with van der Waals surface area (Å²) in [6, 6.07) is 7.23. The zero-order valence-corrected chi connectivity index (χ0v) is 11.5. The molecule has 5 nitrogen and oxygen atoms in total. The smallest absolute Gasteiger partial charge is 0.246 e. The van der Waals surface area contributed by atoms with Gasteiger partial charge in [-0.3, -0.25) is 0 Å². The fourth-order valence-corrected chi connectivity index (χ4v) is 1.96. The summed E-state index contributed by atoms with van der Waals surface area (Å²) in [7, 11) is 0. The first-order chi connectivity index (χ1) is 8.56. The van der Waals surface area contributed by atoms with Crippen LogP contribution in [0.1, 0.15) is 30.2 Å². The van der Waals surface area contributed by atoms with Crippen LogP contribution in [0.25, 0.3) is 0 Å². The van der Waals surface area contributed by atoms with E-state index in [1.807, 2.05) is 24.3 Å². The highest BCUT2D eigenvalue weighted by Gasteiger charge is 2.19. The molecule has 1 aromatic carbocycles. The molecular weight excluding hydrogens is 298 g/mol. The van der Waals surface area contributed by atoms with E-state index < -0.39 is 12.1 Å². The summed E-state index contributed by atoms with van der Waals surface area (Å²) in [5.41, 5.74) is 6.79. The Morgan fingerprint density at radius 3 is 2.94 bits per heavy atom. The van der Waals surface area contributed by atoms with Crippen LogP contribution in [0.15, 0.2) is 33.3 Å². The minimum absolute atomic E-state index is 0.259. The van der Waals surface area contributed by atoms with Crippen molar-refractivity contribution in [3.05, 3.63) is 46.0 Å². The number of benzene rings is 1. The van der Waals surface area contributed by atoms with Crippen molar-refractivity contribution in [3.63, 3.8) is 0 Å². The van der Waals surface area contributed by atoms with Crippen molar-refractivity contribution in [1.82, 2.24) is 10.1 Å². The average molecular weight is 312 g/mol. The Kier molecular flexibility index (Phi) is 4.11. The molecule has 0 fully saturated rings. The second kappa shape index (κ2) is 5.60. The number of rotatable bonds is 4. The Hall–Kier alpha value is -1.24. The summed E-state index contributed by atoms with van der Waals surface area (Å²) in [5, 5.41) is 13.2. The third-order valence-corrected chi connectivity index (χ3v) is 3.03. The van der Waals surface area contributed by atoms with Crippen molar-refractivity contribution in [2.24, 2.45) is 5.73 Å². The molecule has 0 amide bonds. The van der Waals surface area contributed by atoms with E-state index in [1.54, 1.807) is 6.92 Å². The summed E-state index contributed by atoms with van der Waals surface area (Å²) < 4.78 is 6.04. The van der Waals surface area contributed by atoms with Crippen molar-refractivity contribution in [1.29, 1.82) is 0 Å². The Balaban J connectivity index is 2.11. The number of nitrogens with zero attached hydrogens (tertiary/aromatic N) is 2. The van der Waals surface area contributed by atoms with Crippen molar-refractivity contribution in [2.45, 2.75) is 25.5 Å². The maximum absolute atomic E-state index is 9.35. The molecule has 0 aliphatic rings. The number of aliphatic hydroxyl groups excluding tert-OH is 1. The minimum atomic E-state index is -0.718. The third-order valence-electron chi connectivity index (χ3n) is 2.54. The Morgan fingerprint density at radius 1 is 1.50 bits per heavy atom. The molecule has 0 unspecified atom stereocenters. The van der Waals surface area contributed by atoms with Gasteiger partial charge in [-0.2, -0.15) is 4.98 Å². The van der Waals surface area contributed by atoms with E-state index >= 15 is 0 Å². The normalized spacial score (nSPS) is 14.4. The second-order valence-electron chi connectivity index (χ2n) is 4.12. The van der Waals surface area contributed by atoms with Crippen LogP contribution in [-0.2, 0) is 6.42 Å². The molecule has 0 radical (unpaired) electrons. The van der Waals surface area contributed by atoms with Crippen molar-refractivity contribution in [3.8, 4) is 0 Å². The fraction of sp³-hybridized carbons (Fsp3) is 0.333. The maximum atomic E-state index is 9.35. The molecule has 0 aliphatic heterocycles. The Morgan fingerprint density at radius 2 is 2.28 bits per heavy atom. The van der Waals surface area contributed by atoms with E-state index in [0.29, 0.717) is 12.2 Å². The van der Waals surface area contributed by atoms with Gasteiger partial charge in [0.05, 0.1) is 6.10 Å². The van der Waals surface area contributed by atoms with Crippen LogP contribution in [-0.4, -0.2) is 21.4 Å². The average Bonchev–Trinajstić information content (AvgIpc) is 2.76. The molecule has 3 N–H and O–H groups in total. The van der Waals surface area contributed by atoms with Crippen molar-refractivity contribution in [2.75, 3.05) is 0 Å². The molecule has 96 valence electrons. The van der Waals surface area contributed by atoms with Gasteiger partial charge in [-0.05, 0) is 24.6 Å². The molecule has 18 heavy (non-hydrogen) atoms. The quantitative estimate of drug-likeness (QED) is 0.899. The van der Waals surface area contributed by atoms with Crippen LogP contribution >= 0.6 is 15.9 Å². The molecule has 0 spiro atoms. The summed E-state index contributed by atoms with van der Waals surface area (Å²) in [4.78, 5) is 4.18. The lowest BCUT2D eigenvalue weighted by molar-refractivity contribution is 0.146. The standard InChI is InChI=1S/C12H14BrN3O2/c1-7(17)11(14)12-15-10(16-18-12)6-8-3-2-4-9(13)5-8/h2-5,7,11,17H,6,14H2,1H3/t7-,11+/m1/s1. The van der Waals surface area contributed by atoms with Gasteiger partial charge in [-0.15, -0.1) is 0 Å². The molecule has 2 rings (SSSR count). The van der Waals surface area contributed by atoms with E-state index in [2.05, 4.69) is 26.1 Å². The van der Waals surface area contributed by atoms with Gasteiger partial charge >= 0.3 is 0 Å². The maximum Gasteiger partial charge on any atom is 0.246 e. The number of hydrogen-bond donors (Lipinski definition) is 2. The largest absolute Gasteiger partial charge is 0.391 e. The number of nitrogens with two attached hydrogens (primary N) is 1. The first-order valence-electron chi connectivity index (χ1n) is 5.57. The number of hydrogen-bond acceptors (Lipinski definition) is 5. The van der Waals surface area contributed by atoms with Gasteiger partial charge in [-0.1, -0.05) is 33.2 Å². The third kappa shape index (κ3) is 3.16. The summed E-state index contributed by atoms with van der Waals surface area (Å²) >= 11 is 3.41. The highest BCUT2D eigenvalue weighted by Crippen LogP contribution is 2.16. The second-order valence-corrected chi connectivity index (χ2v) is 5.04. The molecule has 0 saturated heterocycles. The molecule has 0 saturated carbocycles. The first kappa shape index (κ1) is 13.2. The number of halogens is 1. The molecule has 1 heterocycles. The lowest BCUT2D eigenvalue weighted by Crippen LogP contribution is -2.23. The van der Waals surface area contributed by atoms with E-state index in [4.69, 9.17) is 10.3 Å². The van der Waals surface area contributed by atoms with Gasteiger partial charge in [0.2, 0.25) is 5.89 Å². The van der Waals surface area contributed by atoms with Gasteiger partial charge in [0, 0.05) is 10.9 Å². The fourth-order valence-electron chi connectivity index (χ4n) is 1.51. The Labute approximate surface area is 113 Å². The lowest BCUT2D eigenvalue weighted by Gasteiger charge is -2.08. The van der Waals surface area contributed by atoms with Crippen LogP contribution < -0.4 is 5.73 Å². The van der Waals surface area contributed by atoms with Crippen LogP contribution in [0.3, 0.4) is 0 Å². The molecular formula is C12H14BrN3O2. The van der Waals surface area contributed by atoms with E-state index in [-0.39, 0.29) is 5.89 Å². The van der Waals surface area contributed by atoms with Gasteiger partial charge in [0.15, 0.2) is 5.82 Å². The van der Waals surface area contributed by atoms with E-state index in [9.17, 15) is 5.11 Å².